The highest BCUT2D eigenvalue weighted by Crippen LogP contribution is 2.52. The fourth-order valence-electron chi connectivity index (χ4n) is 17.8. The Labute approximate surface area is 609 Å². The Morgan fingerprint density at radius 2 is 0.514 bits per heavy atom. The topological polar surface area (TPSA) is 40.6 Å². The number of aromatic nitrogens is 5. The highest BCUT2D eigenvalue weighted by atomic mass is 15.0. The minimum atomic E-state index is -0.158. The molecule has 4 aromatic heterocycles. The van der Waals surface area contributed by atoms with Gasteiger partial charge in [-0.2, -0.15) is 0 Å². The molecule has 0 aliphatic heterocycles. The zero-order chi connectivity index (χ0) is 69.8. The Hall–Kier alpha value is -13.2. The van der Waals surface area contributed by atoms with Crippen molar-refractivity contribution in [2.75, 3.05) is 0 Å². The van der Waals surface area contributed by atoms with Gasteiger partial charge in [0, 0.05) is 76.9 Å². The third-order valence-electron chi connectivity index (χ3n) is 23.1. The van der Waals surface area contributed by atoms with Crippen LogP contribution in [0.3, 0.4) is 0 Å². The summed E-state index contributed by atoms with van der Waals surface area (Å²) in [5.41, 5.74) is 34.9. The number of fused-ring (bicyclic) bond motifs is 15. The van der Waals surface area contributed by atoms with Crippen molar-refractivity contribution in [1.29, 1.82) is 0 Å². The lowest BCUT2D eigenvalue weighted by atomic mass is 9.82. The molecule has 0 bridgehead atoms. The molecule has 5 heteroatoms. The molecule has 105 heavy (non-hydrogen) atoms. The second-order valence-corrected chi connectivity index (χ2v) is 29.7. The van der Waals surface area contributed by atoms with E-state index in [1.54, 1.807) is 0 Å². The number of para-hydroxylation sites is 2. The van der Waals surface area contributed by atoms with E-state index >= 15 is 0 Å². The van der Waals surface area contributed by atoms with Crippen molar-refractivity contribution < 1.29 is 0 Å². The molecular formula is C100H69N5. The molecule has 5 nitrogen and oxygen atoms in total. The van der Waals surface area contributed by atoms with Gasteiger partial charge in [-0.15, -0.1) is 0 Å². The summed E-state index contributed by atoms with van der Waals surface area (Å²) in [6.07, 6.45) is 0. The van der Waals surface area contributed by atoms with Gasteiger partial charge in [-0.05, 0) is 192 Å². The van der Waals surface area contributed by atoms with Crippen LogP contribution in [-0.4, -0.2) is 23.7 Å². The summed E-state index contributed by atoms with van der Waals surface area (Å²) in [7, 11) is 0. The lowest BCUT2D eigenvalue weighted by molar-refractivity contribution is 0.660. The van der Waals surface area contributed by atoms with E-state index in [-0.39, 0.29) is 10.8 Å². The molecule has 19 aromatic rings. The van der Waals surface area contributed by atoms with Gasteiger partial charge >= 0.3 is 0 Å². The van der Waals surface area contributed by atoms with Gasteiger partial charge in [0.2, 0.25) is 0 Å². The first-order chi connectivity index (χ1) is 51.5. The van der Waals surface area contributed by atoms with Crippen molar-refractivity contribution in [3.8, 4) is 118 Å². The first-order valence-electron chi connectivity index (χ1n) is 36.5. The maximum absolute atomic E-state index is 5.39. The monoisotopic (exact) mass is 1340 g/mol. The van der Waals surface area contributed by atoms with Crippen molar-refractivity contribution >= 4 is 65.4 Å². The average Bonchev–Trinajstić information content (AvgIpc) is 1.57. The molecule has 0 N–H and O–H groups in total. The van der Waals surface area contributed by atoms with Gasteiger partial charge in [0.1, 0.15) is 0 Å². The van der Waals surface area contributed by atoms with Crippen LogP contribution in [0.15, 0.2) is 346 Å². The predicted molar refractivity (Wildman–Crippen MR) is 438 cm³/mol. The molecule has 15 aromatic carbocycles. The van der Waals surface area contributed by atoms with Crippen LogP contribution in [0.1, 0.15) is 49.9 Å². The van der Waals surface area contributed by atoms with Crippen LogP contribution in [0.2, 0.25) is 0 Å². The Morgan fingerprint density at radius 3 is 0.943 bits per heavy atom. The van der Waals surface area contributed by atoms with Gasteiger partial charge in [-0.3, -0.25) is 0 Å². The summed E-state index contributed by atoms with van der Waals surface area (Å²) in [6, 6.07) is 128. The maximum atomic E-state index is 5.39. The lowest BCUT2D eigenvalue weighted by Crippen LogP contribution is -2.15. The van der Waals surface area contributed by atoms with Crippen LogP contribution in [0.25, 0.3) is 183 Å². The van der Waals surface area contributed by atoms with Gasteiger partial charge in [0.05, 0.1) is 44.5 Å². The van der Waals surface area contributed by atoms with E-state index < -0.39 is 0 Å². The molecule has 0 saturated carbocycles. The van der Waals surface area contributed by atoms with Gasteiger partial charge in [-0.1, -0.05) is 270 Å². The Bertz CT molecular complexity index is 6700. The molecule has 4 heterocycles. The third kappa shape index (κ3) is 9.48. The molecule has 2 aliphatic rings. The Balaban J connectivity index is 0.684. The second-order valence-electron chi connectivity index (χ2n) is 29.7. The van der Waals surface area contributed by atoms with Crippen LogP contribution < -0.4 is 0 Å². The molecule has 0 amide bonds. The zero-order valence-corrected chi connectivity index (χ0v) is 58.6. The van der Waals surface area contributed by atoms with E-state index in [0.29, 0.717) is 5.82 Å². The fraction of sp³-hybridized carbons (Fsp3) is 0.0600. The standard InChI is InChI=1S/C100H69N5/c1-99(2)86-30-15-11-26-76(86)78-48-46-74(59-88(78)99)104-93-33-18-14-29-81(93)83-56-69(43-51-95(83)104)71-45-53-97-85(58-71)84-57-70(44-52-96(84)105(97)75-47-49-79-77-27-12-16-31-87(77)100(3,4)89(79)60-75)68-42-50-94-82(55-68)80-28-13-17-32-92(80)103(94)73-25-19-24-72(54-73)98-101-90(66-38-34-64(35-39-66)62-20-7-5-8-21-62)61-91(102-98)67-40-36-65(37-41-67)63-22-9-6-10-23-63/h5-61H,1-4H3. The quantitative estimate of drug-likeness (QED) is 0.137. The van der Waals surface area contributed by atoms with Crippen LogP contribution >= 0.6 is 0 Å². The minimum absolute atomic E-state index is 0.111. The van der Waals surface area contributed by atoms with Crippen LogP contribution in [0.4, 0.5) is 0 Å². The van der Waals surface area contributed by atoms with Crippen LogP contribution in [0, 0.1) is 0 Å². The first-order valence-corrected chi connectivity index (χ1v) is 36.5. The summed E-state index contributed by atoms with van der Waals surface area (Å²) in [5.74, 6) is 0.660. The Morgan fingerprint density at radius 1 is 0.200 bits per heavy atom. The van der Waals surface area contributed by atoms with Gasteiger partial charge < -0.3 is 13.7 Å². The van der Waals surface area contributed by atoms with E-state index in [2.05, 4.69) is 387 Å². The van der Waals surface area contributed by atoms with Crippen LogP contribution in [-0.2, 0) is 10.8 Å². The summed E-state index contributed by atoms with van der Waals surface area (Å²) >= 11 is 0. The molecule has 494 valence electrons. The molecule has 21 rings (SSSR count). The molecular weight excluding hydrogens is 1270 g/mol. The molecule has 0 spiro atoms. The number of rotatable bonds is 10. The molecule has 2 aliphatic carbocycles. The maximum Gasteiger partial charge on any atom is 0.160 e. The van der Waals surface area contributed by atoms with Crippen molar-refractivity contribution in [3.05, 3.63) is 368 Å². The molecule has 0 unspecified atom stereocenters. The van der Waals surface area contributed by atoms with Gasteiger partial charge in [0.25, 0.3) is 0 Å². The largest absolute Gasteiger partial charge is 0.309 e. The summed E-state index contributed by atoms with van der Waals surface area (Å²) in [4.78, 5) is 10.8. The Kier molecular flexibility index (Phi) is 13.3. The van der Waals surface area contributed by atoms with Crippen molar-refractivity contribution in [3.63, 3.8) is 0 Å². The van der Waals surface area contributed by atoms with E-state index in [0.717, 1.165) is 72.7 Å². The highest BCUT2D eigenvalue weighted by Gasteiger charge is 2.37. The molecule has 0 atom stereocenters. The lowest BCUT2D eigenvalue weighted by Gasteiger charge is -2.22. The fourth-order valence-corrected chi connectivity index (χ4v) is 17.8. The molecule has 0 radical (unpaired) electrons. The third-order valence-corrected chi connectivity index (χ3v) is 23.1. The first kappa shape index (κ1) is 60.5. The van der Waals surface area contributed by atoms with E-state index in [4.69, 9.17) is 9.97 Å². The average molecular weight is 1340 g/mol. The normalized spacial score (nSPS) is 13.3. The predicted octanol–water partition coefficient (Wildman–Crippen LogP) is 26.0. The van der Waals surface area contributed by atoms with Crippen molar-refractivity contribution in [1.82, 2.24) is 23.7 Å². The smallest absolute Gasteiger partial charge is 0.160 e. The van der Waals surface area contributed by atoms with Crippen molar-refractivity contribution in [2.24, 2.45) is 0 Å². The number of hydrogen-bond donors (Lipinski definition) is 0. The van der Waals surface area contributed by atoms with Crippen LogP contribution in [0.5, 0.6) is 0 Å². The second kappa shape index (κ2) is 23.2. The van der Waals surface area contributed by atoms with E-state index in [1.165, 1.54) is 127 Å². The summed E-state index contributed by atoms with van der Waals surface area (Å²) < 4.78 is 7.38. The number of hydrogen-bond acceptors (Lipinski definition) is 2. The summed E-state index contributed by atoms with van der Waals surface area (Å²) in [5, 5.41) is 7.25. The zero-order valence-electron chi connectivity index (χ0n) is 58.6. The van der Waals surface area contributed by atoms with E-state index in [9.17, 15) is 0 Å². The van der Waals surface area contributed by atoms with Gasteiger partial charge in [0.15, 0.2) is 5.82 Å². The van der Waals surface area contributed by atoms with Crippen molar-refractivity contribution in [2.45, 2.75) is 38.5 Å². The van der Waals surface area contributed by atoms with Gasteiger partial charge in [-0.25, -0.2) is 9.97 Å². The minimum Gasteiger partial charge on any atom is -0.309 e. The SMILES string of the molecule is CC1(C)c2ccccc2-c2ccc(-n3c4ccccc4c4cc(-c5ccc6c(c5)c5cc(-c7ccc8c(c7)c7ccccc7n8-c7cccc(-c8nc(-c9ccc(-c%10ccccc%10)cc9)cc(-c9ccc(-c%10ccccc%10)cc9)n8)c7)ccc5n6-c5ccc6c(c5)C(C)(C)c5ccccc5-6)ccc43)cc21. The number of benzene rings is 15. The highest BCUT2D eigenvalue weighted by molar-refractivity contribution is 6.15. The molecule has 0 fully saturated rings. The molecule has 0 saturated heterocycles. The summed E-state index contributed by atoms with van der Waals surface area (Å²) in [6.45, 7) is 9.49. The number of nitrogens with zero attached hydrogens (tertiary/aromatic N) is 5. The van der Waals surface area contributed by atoms with E-state index in [1.807, 2.05) is 0 Å².